The fourth-order valence-electron chi connectivity index (χ4n) is 1.16. The molecule has 0 heterocycles. The monoisotopic (exact) mass is 196 g/mol. The highest BCUT2D eigenvalue weighted by Gasteiger charge is 2.05. The molecule has 1 rings (SSSR count). The van der Waals surface area contributed by atoms with Gasteiger partial charge in [0.1, 0.15) is 0 Å². The van der Waals surface area contributed by atoms with Gasteiger partial charge in [0, 0.05) is 5.02 Å². The van der Waals surface area contributed by atoms with Crippen molar-refractivity contribution in [2.45, 2.75) is 13.0 Å². The van der Waals surface area contributed by atoms with Crippen LogP contribution in [0.3, 0.4) is 0 Å². The molecule has 0 amide bonds. The third-order valence-electron chi connectivity index (χ3n) is 1.96. The molecule has 0 aliphatic rings. The molecule has 0 spiro atoms. The zero-order chi connectivity index (χ0) is 9.84. The molecule has 1 aromatic rings. The molecule has 0 saturated carbocycles. The lowest BCUT2D eigenvalue weighted by Gasteiger charge is -2.12. The van der Waals surface area contributed by atoms with Gasteiger partial charge in [0.05, 0.1) is 6.04 Å². The highest BCUT2D eigenvalue weighted by molar-refractivity contribution is 6.31. The maximum absolute atomic E-state index is 5.89. The topological polar surface area (TPSA) is 38.0 Å². The van der Waals surface area contributed by atoms with E-state index in [1.165, 1.54) is 0 Å². The number of hydrogen-bond donors (Lipinski definition) is 2. The molecule has 0 aromatic heterocycles. The van der Waals surface area contributed by atoms with Crippen molar-refractivity contribution in [1.29, 1.82) is 0 Å². The fraction of sp³-hybridized carbons (Fsp3) is 0.200. The number of hydrogen-bond acceptors (Lipinski definition) is 2. The normalized spacial score (nSPS) is 12.5. The van der Waals surface area contributed by atoms with Crippen LogP contribution in [0.1, 0.15) is 17.2 Å². The van der Waals surface area contributed by atoms with Gasteiger partial charge in [-0.25, -0.2) is 5.43 Å². The molecule has 0 aliphatic carbocycles. The van der Waals surface area contributed by atoms with E-state index in [1.54, 1.807) is 6.08 Å². The quantitative estimate of drug-likeness (QED) is 0.443. The Hall–Kier alpha value is -0.830. The second-order valence-corrected chi connectivity index (χ2v) is 3.30. The summed E-state index contributed by atoms with van der Waals surface area (Å²) in [5, 5.41) is 0.767. The fourth-order valence-corrected chi connectivity index (χ4v) is 1.28. The summed E-state index contributed by atoms with van der Waals surface area (Å²) in [6, 6.07) is 5.77. The lowest BCUT2D eigenvalue weighted by molar-refractivity contribution is 0.656. The Morgan fingerprint density at radius 1 is 1.62 bits per heavy atom. The molecule has 1 atom stereocenters. The van der Waals surface area contributed by atoms with Gasteiger partial charge < -0.3 is 0 Å². The minimum absolute atomic E-state index is 0.0176. The van der Waals surface area contributed by atoms with E-state index in [0.29, 0.717) is 0 Å². The van der Waals surface area contributed by atoms with Crippen molar-refractivity contribution in [2.75, 3.05) is 0 Å². The van der Waals surface area contributed by atoms with E-state index in [0.717, 1.165) is 16.1 Å². The molecule has 1 aromatic carbocycles. The molecule has 0 bridgehead atoms. The van der Waals surface area contributed by atoms with Gasteiger partial charge in [-0.2, -0.15) is 0 Å². The predicted octanol–water partition coefficient (Wildman–Crippen LogP) is 2.34. The first-order valence-corrected chi connectivity index (χ1v) is 4.41. The number of hydrazine groups is 1. The minimum Gasteiger partial charge on any atom is -0.271 e. The Kier molecular flexibility index (Phi) is 3.48. The predicted molar refractivity (Wildman–Crippen MR) is 56.5 cm³/mol. The van der Waals surface area contributed by atoms with Gasteiger partial charge in [-0.3, -0.25) is 5.84 Å². The molecule has 13 heavy (non-hydrogen) atoms. The lowest BCUT2D eigenvalue weighted by Crippen LogP contribution is -2.26. The molecule has 2 nitrogen and oxygen atoms in total. The highest BCUT2D eigenvalue weighted by atomic mass is 35.5. The van der Waals surface area contributed by atoms with E-state index in [1.807, 2.05) is 25.1 Å². The SMILES string of the molecule is C=CC(NN)c1ccc(Cl)c(C)c1. The van der Waals surface area contributed by atoms with E-state index in [4.69, 9.17) is 17.4 Å². The van der Waals surface area contributed by atoms with Crippen molar-refractivity contribution in [3.05, 3.63) is 47.0 Å². The summed E-state index contributed by atoms with van der Waals surface area (Å²) in [6.45, 7) is 5.65. The van der Waals surface area contributed by atoms with Crippen LogP contribution in [-0.2, 0) is 0 Å². The third-order valence-corrected chi connectivity index (χ3v) is 2.38. The average molecular weight is 197 g/mol. The number of aryl methyl sites for hydroxylation is 1. The van der Waals surface area contributed by atoms with E-state index < -0.39 is 0 Å². The molecule has 1 unspecified atom stereocenters. The van der Waals surface area contributed by atoms with E-state index in [-0.39, 0.29) is 6.04 Å². The molecule has 0 radical (unpaired) electrons. The van der Waals surface area contributed by atoms with Gasteiger partial charge in [-0.1, -0.05) is 29.8 Å². The summed E-state index contributed by atoms with van der Waals surface area (Å²) in [4.78, 5) is 0. The standard InChI is InChI=1S/C10H13ClN2/c1-3-10(13-12)8-4-5-9(11)7(2)6-8/h3-6,10,13H,1,12H2,2H3. The highest BCUT2D eigenvalue weighted by Crippen LogP contribution is 2.20. The van der Waals surface area contributed by atoms with Crippen molar-refractivity contribution in [2.24, 2.45) is 5.84 Å². The van der Waals surface area contributed by atoms with Crippen molar-refractivity contribution in [3.63, 3.8) is 0 Å². The summed E-state index contributed by atoms with van der Waals surface area (Å²) in [7, 11) is 0. The summed E-state index contributed by atoms with van der Waals surface area (Å²) >= 11 is 5.89. The van der Waals surface area contributed by atoms with Crippen molar-refractivity contribution in [1.82, 2.24) is 5.43 Å². The van der Waals surface area contributed by atoms with Crippen LogP contribution in [0.2, 0.25) is 5.02 Å². The van der Waals surface area contributed by atoms with E-state index in [9.17, 15) is 0 Å². The molecular weight excluding hydrogens is 184 g/mol. The minimum atomic E-state index is -0.0176. The third kappa shape index (κ3) is 2.31. The van der Waals surface area contributed by atoms with Crippen LogP contribution in [-0.4, -0.2) is 0 Å². The summed E-state index contributed by atoms with van der Waals surface area (Å²) in [5.41, 5.74) is 4.77. The maximum Gasteiger partial charge on any atom is 0.0638 e. The van der Waals surface area contributed by atoms with Crippen LogP contribution in [0, 0.1) is 6.92 Å². The first-order chi connectivity index (χ1) is 6.19. The number of rotatable bonds is 3. The van der Waals surface area contributed by atoms with Gasteiger partial charge in [-0.05, 0) is 24.1 Å². The van der Waals surface area contributed by atoms with Crippen LogP contribution in [0.4, 0.5) is 0 Å². The smallest absolute Gasteiger partial charge is 0.0638 e. The summed E-state index contributed by atoms with van der Waals surface area (Å²) < 4.78 is 0. The van der Waals surface area contributed by atoms with E-state index >= 15 is 0 Å². The lowest BCUT2D eigenvalue weighted by atomic mass is 10.1. The number of halogens is 1. The summed E-state index contributed by atoms with van der Waals surface area (Å²) in [6.07, 6.45) is 1.75. The van der Waals surface area contributed by atoms with Crippen molar-refractivity contribution >= 4 is 11.6 Å². The van der Waals surface area contributed by atoms with Gasteiger partial charge in [0.25, 0.3) is 0 Å². The molecule has 3 heteroatoms. The first kappa shape index (κ1) is 10.3. The number of nitrogens with one attached hydrogen (secondary N) is 1. The zero-order valence-corrected chi connectivity index (χ0v) is 8.31. The van der Waals surface area contributed by atoms with Crippen LogP contribution in [0.5, 0.6) is 0 Å². The molecule has 0 fully saturated rings. The van der Waals surface area contributed by atoms with Crippen LogP contribution in [0.15, 0.2) is 30.9 Å². The maximum atomic E-state index is 5.89. The van der Waals surface area contributed by atoms with Crippen LogP contribution >= 0.6 is 11.6 Å². The Labute approximate surface area is 83.4 Å². The second-order valence-electron chi connectivity index (χ2n) is 2.89. The molecule has 70 valence electrons. The molecule has 3 N–H and O–H groups in total. The van der Waals surface area contributed by atoms with Gasteiger partial charge in [-0.15, -0.1) is 6.58 Å². The Balaban J connectivity index is 3.01. The van der Waals surface area contributed by atoms with Gasteiger partial charge in [0.15, 0.2) is 0 Å². The largest absolute Gasteiger partial charge is 0.271 e. The molecule has 0 saturated heterocycles. The Morgan fingerprint density at radius 3 is 2.77 bits per heavy atom. The van der Waals surface area contributed by atoms with Crippen molar-refractivity contribution < 1.29 is 0 Å². The first-order valence-electron chi connectivity index (χ1n) is 4.03. The Bertz CT molecular complexity index is 310. The zero-order valence-electron chi connectivity index (χ0n) is 7.55. The second kappa shape index (κ2) is 4.42. The van der Waals surface area contributed by atoms with Crippen LogP contribution < -0.4 is 11.3 Å². The van der Waals surface area contributed by atoms with Crippen molar-refractivity contribution in [3.8, 4) is 0 Å². The van der Waals surface area contributed by atoms with Gasteiger partial charge >= 0.3 is 0 Å². The average Bonchev–Trinajstić information content (AvgIpc) is 2.13. The van der Waals surface area contributed by atoms with Gasteiger partial charge in [0.2, 0.25) is 0 Å². The summed E-state index contributed by atoms with van der Waals surface area (Å²) in [5.74, 6) is 5.35. The number of benzene rings is 1. The number of nitrogens with two attached hydrogens (primary N) is 1. The van der Waals surface area contributed by atoms with E-state index in [2.05, 4.69) is 12.0 Å². The Morgan fingerprint density at radius 2 is 2.31 bits per heavy atom. The van der Waals surface area contributed by atoms with Crippen LogP contribution in [0.25, 0.3) is 0 Å². The molecular formula is C10H13ClN2. The molecule has 0 aliphatic heterocycles.